The van der Waals surface area contributed by atoms with E-state index in [0.717, 1.165) is 26.1 Å². The molecule has 0 bridgehead atoms. The van der Waals surface area contributed by atoms with E-state index >= 15 is 0 Å². The van der Waals surface area contributed by atoms with Gasteiger partial charge in [0.25, 0.3) is 0 Å². The normalized spacial score (nSPS) is 28.4. The summed E-state index contributed by atoms with van der Waals surface area (Å²) < 4.78 is 5.41. The Morgan fingerprint density at radius 3 is 2.38 bits per heavy atom. The molecule has 0 aromatic heterocycles. The van der Waals surface area contributed by atoms with Crippen molar-refractivity contribution in [1.82, 2.24) is 10.2 Å². The molecule has 0 spiro atoms. The van der Waals surface area contributed by atoms with Crippen LogP contribution in [0.5, 0.6) is 0 Å². The first-order valence-corrected chi connectivity index (χ1v) is 8.19. The zero-order chi connectivity index (χ0) is 15.6. The molecule has 2 aliphatic rings. The Morgan fingerprint density at radius 2 is 1.86 bits per heavy atom. The first kappa shape index (κ1) is 16.3. The van der Waals surface area contributed by atoms with Crippen LogP contribution < -0.4 is 5.32 Å². The molecule has 0 radical (unpaired) electrons. The quantitative estimate of drug-likeness (QED) is 0.859. The number of hydrogen-bond donors (Lipinski definition) is 1. The Morgan fingerprint density at radius 1 is 1.29 bits per heavy atom. The summed E-state index contributed by atoms with van der Waals surface area (Å²) in [6.45, 7) is 9.36. The smallest absolute Gasteiger partial charge is 0.249 e. The molecule has 2 heterocycles. The van der Waals surface area contributed by atoms with Crippen LogP contribution in [0, 0.1) is 5.92 Å². The highest BCUT2D eigenvalue weighted by molar-refractivity contribution is 5.99. The van der Waals surface area contributed by atoms with Gasteiger partial charge < -0.3 is 15.0 Å². The molecule has 21 heavy (non-hydrogen) atoms. The van der Waals surface area contributed by atoms with E-state index in [-0.39, 0.29) is 23.9 Å². The van der Waals surface area contributed by atoms with Crippen LogP contribution in [0.25, 0.3) is 0 Å². The van der Waals surface area contributed by atoms with Crippen molar-refractivity contribution < 1.29 is 14.3 Å². The summed E-state index contributed by atoms with van der Waals surface area (Å²) in [4.78, 5) is 27.2. The average molecular weight is 296 g/mol. The first-order valence-electron chi connectivity index (χ1n) is 8.19. The van der Waals surface area contributed by atoms with E-state index in [4.69, 9.17) is 4.74 Å². The number of amides is 2. The minimum atomic E-state index is -0.719. The highest BCUT2D eigenvalue weighted by atomic mass is 16.5. The van der Waals surface area contributed by atoms with E-state index in [2.05, 4.69) is 12.2 Å². The predicted molar refractivity (Wildman–Crippen MR) is 80.8 cm³/mol. The van der Waals surface area contributed by atoms with Crippen LogP contribution in [0.4, 0.5) is 0 Å². The van der Waals surface area contributed by atoms with Gasteiger partial charge in [0.05, 0.1) is 0 Å². The van der Waals surface area contributed by atoms with Gasteiger partial charge in [0.1, 0.15) is 11.6 Å². The van der Waals surface area contributed by atoms with E-state index in [9.17, 15) is 9.59 Å². The fraction of sp³-hybridized carbons (Fsp3) is 0.875. The molecule has 0 aliphatic carbocycles. The summed E-state index contributed by atoms with van der Waals surface area (Å²) in [5.74, 6) is 0.471. The molecule has 2 amide bonds. The average Bonchev–Trinajstić information content (AvgIpc) is 2.52. The topological polar surface area (TPSA) is 58.6 Å². The lowest BCUT2D eigenvalue weighted by molar-refractivity contribution is -0.159. The van der Waals surface area contributed by atoms with Gasteiger partial charge in [0, 0.05) is 19.3 Å². The SMILES string of the molecule is CCC1(CC)NC(=O)C(C)N(C(C)C2CCOCC2)C1=O. The van der Waals surface area contributed by atoms with Crippen molar-refractivity contribution in [2.24, 2.45) is 5.92 Å². The maximum absolute atomic E-state index is 13.0. The fourth-order valence-electron chi connectivity index (χ4n) is 3.64. The molecule has 120 valence electrons. The van der Waals surface area contributed by atoms with Gasteiger partial charge in [-0.15, -0.1) is 0 Å². The van der Waals surface area contributed by atoms with Crippen molar-refractivity contribution in [3.05, 3.63) is 0 Å². The fourth-order valence-corrected chi connectivity index (χ4v) is 3.64. The number of ether oxygens (including phenoxy) is 1. The second kappa shape index (κ2) is 6.34. The lowest BCUT2D eigenvalue weighted by Gasteiger charge is -2.49. The van der Waals surface area contributed by atoms with Gasteiger partial charge in [-0.3, -0.25) is 9.59 Å². The molecule has 0 saturated carbocycles. The molecule has 2 rings (SSSR count). The lowest BCUT2D eigenvalue weighted by atomic mass is 9.83. The lowest BCUT2D eigenvalue weighted by Crippen LogP contribution is -2.71. The van der Waals surface area contributed by atoms with Crippen LogP contribution in [0.15, 0.2) is 0 Å². The Labute approximate surface area is 127 Å². The molecule has 2 unspecified atom stereocenters. The molecule has 2 saturated heterocycles. The van der Waals surface area contributed by atoms with Gasteiger partial charge in [0.15, 0.2) is 0 Å². The molecule has 1 N–H and O–H groups in total. The Balaban J connectivity index is 2.25. The van der Waals surface area contributed by atoms with Crippen molar-refractivity contribution in [2.75, 3.05) is 13.2 Å². The summed E-state index contributed by atoms with van der Waals surface area (Å²) in [6, 6.07) is -0.304. The molecular weight excluding hydrogens is 268 g/mol. The summed E-state index contributed by atoms with van der Waals surface area (Å²) >= 11 is 0. The number of carbonyl (C=O) groups is 2. The van der Waals surface area contributed by atoms with Crippen molar-refractivity contribution in [2.45, 2.75) is 71.0 Å². The van der Waals surface area contributed by atoms with Crippen LogP contribution in [0.2, 0.25) is 0 Å². The molecule has 2 aliphatic heterocycles. The number of nitrogens with zero attached hydrogens (tertiary/aromatic N) is 1. The van der Waals surface area contributed by atoms with Crippen LogP contribution >= 0.6 is 0 Å². The van der Waals surface area contributed by atoms with Crippen molar-refractivity contribution in [3.8, 4) is 0 Å². The zero-order valence-electron chi connectivity index (χ0n) is 13.6. The Bertz CT molecular complexity index is 400. The summed E-state index contributed by atoms with van der Waals surface area (Å²) in [6.07, 6.45) is 3.20. The molecule has 0 aromatic rings. The number of nitrogens with one attached hydrogen (secondary N) is 1. The molecule has 2 fully saturated rings. The van der Waals surface area contributed by atoms with Crippen LogP contribution in [0.1, 0.15) is 53.4 Å². The maximum atomic E-state index is 13.0. The van der Waals surface area contributed by atoms with Gasteiger partial charge >= 0.3 is 0 Å². The monoisotopic (exact) mass is 296 g/mol. The van der Waals surface area contributed by atoms with Crippen LogP contribution in [-0.4, -0.2) is 47.6 Å². The van der Waals surface area contributed by atoms with Crippen molar-refractivity contribution in [1.29, 1.82) is 0 Å². The highest BCUT2D eigenvalue weighted by Crippen LogP contribution is 2.31. The number of rotatable bonds is 4. The van der Waals surface area contributed by atoms with E-state index in [1.54, 1.807) is 0 Å². The van der Waals surface area contributed by atoms with E-state index in [0.29, 0.717) is 18.8 Å². The second-order valence-corrected chi connectivity index (χ2v) is 6.36. The Hall–Kier alpha value is -1.10. The summed E-state index contributed by atoms with van der Waals surface area (Å²) in [7, 11) is 0. The predicted octanol–water partition coefficient (Wildman–Crippen LogP) is 1.71. The minimum absolute atomic E-state index is 0.0304. The molecule has 5 heteroatoms. The van der Waals surface area contributed by atoms with Crippen LogP contribution in [-0.2, 0) is 14.3 Å². The second-order valence-electron chi connectivity index (χ2n) is 6.36. The van der Waals surface area contributed by atoms with E-state index in [1.807, 2.05) is 25.7 Å². The number of hydrogen-bond acceptors (Lipinski definition) is 3. The molecule has 0 aromatic carbocycles. The standard InChI is InChI=1S/C16H28N2O3/c1-5-16(6-2)15(20)18(12(4)14(19)17-16)11(3)13-7-9-21-10-8-13/h11-13H,5-10H2,1-4H3,(H,17,19). The van der Waals surface area contributed by atoms with E-state index in [1.165, 1.54) is 0 Å². The van der Waals surface area contributed by atoms with Gasteiger partial charge in [0.2, 0.25) is 11.8 Å². The highest BCUT2D eigenvalue weighted by Gasteiger charge is 2.49. The minimum Gasteiger partial charge on any atom is -0.381 e. The summed E-state index contributed by atoms with van der Waals surface area (Å²) in [5.41, 5.74) is -0.719. The number of piperazine rings is 1. The van der Waals surface area contributed by atoms with Gasteiger partial charge in [-0.2, -0.15) is 0 Å². The maximum Gasteiger partial charge on any atom is 0.249 e. The van der Waals surface area contributed by atoms with Gasteiger partial charge in [-0.25, -0.2) is 0 Å². The van der Waals surface area contributed by atoms with Crippen molar-refractivity contribution in [3.63, 3.8) is 0 Å². The van der Waals surface area contributed by atoms with E-state index < -0.39 is 5.54 Å². The largest absolute Gasteiger partial charge is 0.381 e. The zero-order valence-corrected chi connectivity index (χ0v) is 13.6. The van der Waals surface area contributed by atoms with Crippen LogP contribution in [0.3, 0.4) is 0 Å². The third-order valence-electron chi connectivity index (χ3n) is 5.40. The number of carbonyl (C=O) groups excluding carboxylic acids is 2. The third kappa shape index (κ3) is 2.80. The molecular formula is C16H28N2O3. The van der Waals surface area contributed by atoms with Gasteiger partial charge in [-0.05, 0) is 45.4 Å². The Kier molecular flexibility index (Phi) is 4.91. The van der Waals surface area contributed by atoms with Crippen molar-refractivity contribution >= 4 is 11.8 Å². The third-order valence-corrected chi connectivity index (χ3v) is 5.40. The van der Waals surface area contributed by atoms with Gasteiger partial charge in [-0.1, -0.05) is 13.8 Å². The molecule has 5 nitrogen and oxygen atoms in total. The summed E-state index contributed by atoms with van der Waals surface area (Å²) in [5, 5.41) is 2.96. The first-order chi connectivity index (χ1) is 9.96. The molecule has 2 atom stereocenters.